The molecule has 1 aromatic heterocycles. The minimum Gasteiger partial charge on any atom is -0.450 e. The number of hydrogen-bond acceptors (Lipinski definition) is 4. The molecule has 29 heavy (non-hydrogen) atoms. The maximum atomic E-state index is 14.0. The smallest absolute Gasteiger partial charge is 0.290 e. The number of amides is 1. The lowest BCUT2D eigenvalue weighted by atomic mass is 9.98. The van der Waals surface area contributed by atoms with Crippen LogP contribution in [0.15, 0.2) is 51.7 Å². The summed E-state index contributed by atoms with van der Waals surface area (Å²) in [6, 6.07) is 10.0. The van der Waals surface area contributed by atoms with Gasteiger partial charge in [-0.05, 0) is 63.0 Å². The second-order valence-electron chi connectivity index (χ2n) is 7.43. The molecule has 0 radical (unpaired) electrons. The number of fused-ring (bicyclic) bond motifs is 2. The van der Waals surface area contributed by atoms with Crippen molar-refractivity contribution in [2.45, 2.75) is 12.5 Å². The summed E-state index contributed by atoms with van der Waals surface area (Å²) < 4.78 is 19.8. The molecule has 5 nitrogen and oxygen atoms in total. The predicted octanol–water partition coefficient (Wildman–Crippen LogP) is 4.08. The zero-order valence-corrected chi connectivity index (χ0v) is 16.9. The van der Waals surface area contributed by atoms with Gasteiger partial charge in [0, 0.05) is 11.6 Å². The highest BCUT2D eigenvalue weighted by Crippen LogP contribution is 2.38. The third-order valence-electron chi connectivity index (χ3n) is 5.10. The van der Waals surface area contributed by atoms with Crippen LogP contribution in [0.2, 0.25) is 5.02 Å². The van der Waals surface area contributed by atoms with Gasteiger partial charge in [-0.2, -0.15) is 0 Å². The van der Waals surface area contributed by atoms with Crippen LogP contribution in [0.5, 0.6) is 0 Å². The lowest BCUT2D eigenvalue weighted by Gasteiger charge is -2.25. The summed E-state index contributed by atoms with van der Waals surface area (Å²) in [5.74, 6) is -0.768. The normalized spacial score (nSPS) is 16.1. The summed E-state index contributed by atoms with van der Waals surface area (Å²) in [5.41, 5.74) is 0.761. The maximum Gasteiger partial charge on any atom is 0.290 e. The number of carbonyl (C=O) groups is 1. The van der Waals surface area contributed by atoms with Crippen LogP contribution in [0.3, 0.4) is 0 Å². The van der Waals surface area contributed by atoms with Gasteiger partial charge in [0.15, 0.2) is 5.43 Å². The van der Waals surface area contributed by atoms with Crippen molar-refractivity contribution < 1.29 is 13.6 Å². The van der Waals surface area contributed by atoms with E-state index in [0.717, 1.165) is 6.54 Å². The largest absolute Gasteiger partial charge is 0.450 e. The molecule has 0 unspecified atom stereocenters. The number of carbonyl (C=O) groups excluding carboxylic acids is 1. The summed E-state index contributed by atoms with van der Waals surface area (Å²) in [7, 11) is 3.90. The molecular formula is C22H20ClFN2O3. The number of hydrogen-bond donors (Lipinski definition) is 0. The highest BCUT2D eigenvalue weighted by Gasteiger charge is 2.42. The van der Waals surface area contributed by atoms with Crippen LogP contribution in [0, 0.1) is 5.82 Å². The summed E-state index contributed by atoms with van der Waals surface area (Å²) in [4.78, 5) is 30.1. The fourth-order valence-electron chi connectivity index (χ4n) is 3.80. The molecule has 7 heteroatoms. The molecule has 1 aliphatic heterocycles. The van der Waals surface area contributed by atoms with E-state index in [4.69, 9.17) is 16.0 Å². The number of benzene rings is 2. The van der Waals surface area contributed by atoms with Crippen molar-refractivity contribution in [3.8, 4) is 0 Å². The fourth-order valence-corrected chi connectivity index (χ4v) is 3.98. The van der Waals surface area contributed by atoms with Gasteiger partial charge in [0.05, 0.1) is 17.0 Å². The first-order valence-corrected chi connectivity index (χ1v) is 9.72. The Morgan fingerprint density at radius 1 is 1.17 bits per heavy atom. The topological polar surface area (TPSA) is 53.8 Å². The Labute approximate surface area is 172 Å². The Balaban J connectivity index is 1.89. The molecular weight excluding hydrogens is 395 g/mol. The molecule has 0 spiro atoms. The third-order valence-corrected chi connectivity index (χ3v) is 5.33. The Morgan fingerprint density at radius 3 is 2.69 bits per heavy atom. The van der Waals surface area contributed by atoms with Gasteiger partial charge in [-0.25, -0.2) is 4.39 Å². The summed E-state index contributed by atoms with van der Waals surface area (Å²) in [6.45, 7) is 1.19. The maximum absolute atomic E-state index is 14.0. The predicted molar refractivity (Wildman–Crippen MR) is 110 cm³/mol. The lowest BCUT2D eigenvalue weighted by molar-refractivity contribution is 0.0722. The van der Waals surface area contributed by atoms with E-state index in [1.54, 1.807) is 29.2 Å². The van der Waals surface area contributed by atoms with Gasteiger partial charge in [-0.3, -0.25) is 9.59 Å². The second kappa shape index (κ2) is 7.61. The van der Waals surface area contributed by atoms with Crippen molar-refractivity contribution in [2.75, 3.05) is 27.2 Å². The first-order valence-electron chi connectivity index (χ1n) is 9.34. The van der Waals surface area contributed by atoms with Crippen LogP contribution >= 0.6 is 11.6 Å². The lowest BCUT2D eigenvalue weighted by Crippen LogP contribution is -2.32. The number of nitrogens with zero attached hydrogens (tertiary/aromatic N) is 2. The van der Waals surface area contributed by atoms with Gasteiger partial charge in [-0.1, -0.05) is 23.7 Å². The monoisotopic (exact) mass is 414 g/mol. The van der Waals surface area contributed by atoms with Crippen LogP contribution < -0.4 is 5.43 Å². The summed E-state index contributed by atoms with van der Waals surface area (Å²) in [5, 5.41) is 0.708. The van der Waals surface area contributed by atoms with Crippen LogP contribution in [-0.4, -0.2) is 42.9 Å². The van der Waals surface area contributed by atoms with Crippen molar-refractivity contribution in [1.82, 2.24) is 9.80 Å². The van der Waals surface area contributed by atoms with Crippen LogP contribution in [0.4, 0.5) is 4.39 Å². The minimum absolute atomic E-state index is 0.0175. The molecule has 2 heterocycles. The molecule has 0 saturated carbocycles. The van der Waals surface area contributed by atoms with Gasteiger partial charge < -0.3 is 14.2 Å². The molecule has 1 aliphatic rings. The fraction of sp³-hybridized carbons (Fsp3) is 0.273. The van der Waals surface area contributed by atoms with Gasteiger partial charge >= 0.3 is 0 Å². The van der Waals surface area contributed by atoms with Crippen LogP contribution in [-0.2, 0) is 0 Å². The van der Waals surface area contributed by atoms with Gasteiger partial charge in [0.2, 0.25) is 5.76 Å². The Hall–Kier alpha value is -2.70. The Bertz CT molecular complexity index is 1160. The van der Waals surface area contributed by atoms with E-state index >= 15 is 0 Å². The van der Waals surface area contributed by atoms with E-state index in [9.17, 15) is 14.0 Å². The van der Waals surface area contributed by atoms with Crippen molar-refractivity contribution in [3.63, 3.8) is 0 Å². The molecule has 0 saturated heterocycles. The molecule has 1 amide bonds. The third kappa shape index (κ3) is 3.54. The highest BCUT2D eigenvalue weighted by atomic mass is 35.5. The first kappa shape index (κ1) is 19.6. The number of rotatable bonds is 5. The molecule has 0 fully saturated rings. The van der Waals surface area contributed by atoms with Crippen LogP contribution in [0.25, 0.3) is 11.0 Å². The Kier molecular flexibility index (Phi) is 5.15. The molecule has 1 atom stereocenters. The van der Waals surface area contributed by atoms with Crippen molar-refractivity contribution >= 4 is 28.5 Å². The van der Waals surface area contributed by atoms with Crippen molar-refractivity contribution in [1.29, 1.82) is 0 Å². The van der Waals surface area contributed by atoms with Gasteiger partial charge in [-0.15, -0.1) is 0 Å². The number of halogens is 2. The van der Waals surface area contributed by atoms with Crippen LogP contribution in [0.1, 0.15) is 34.1 Å². The van der Waals surface area contributed by atoms with E-state index < -0.39 is 11.9 Å². The Morgan fingerprint density at radius 2 is 1.97 bits per heavy atom. The quantitative estimate of drug-likeness (QED) is 0.631. The van der Waals surface area contributed by atoms with E-state index in [-0.39, 0.29) is 22.7 Å². The zero-order valence-electron chi connectivity index (χ0n) is 16.1. The summed E-state index contributed by atoms with van der Waals surface area (Å²) in [6.07, 6.45) is 0.706. The minimum atomic E-state index is -0.699. The SMILES string of the molecule is CN(C)CCCN1C(=O)c2oc3ccc(Cl)cc3c(=O)c2[C@@H]1c1cccc(F)c1. The molecule has 0 bridgehead atoms. The van der Waals surface area contributed by atoms with Crippen molar-refractivity contribution in [2.24, 2.45) is 0 Å². The van der Waals surface area contributed by atoms with E-state index in [2.05, 4.69) is 0 Å². The van der Waals surface area contributed by atoms with E-state index in [1.165, 1.54) is 18.2 Å². The molecule has 3 aromatic rings. The van der Waals surface area contributed by atoms with E-state index in [1.807, 2.05) is 19.0 Å². The van der Waals surface area contributed by atoms with E-state index in [0.29, 0.717) is 34.5 Å². The van der Waals surface area contributed by atoms with Gasteiger partial charge in [0.1, 0.15) is 11.4 Å². The molecule has 0 N–H and O–H groups in total. The van der Waals surface area contributed by atoms with Crippen molar-refractivity contribution in [3.05, 3.63) is 80.4 Å². The zero-order chi connectivity index (χ0) is 20.7. The average molecular weight is 415 g/mol. The summed E-state index contributed by atoms with van der Waals surface area (Å²) >= 11 is 6.06. The highest BCUT2D eigenvalue weighted by molar-refractivity contribution is 6.31. The average Bonchev–Trinajstić information content (AvgIpc) is 2.95. The molecule has 150 valence electrons. The standard InChI is InChI=1S/C22H20ClFN2O3/c1-25(2)9-4-10-26-19(13-5-3-6-15(24)11-13)18-20(27)16-12-14(23)7-8-17(16)29-21(18)22(26)28/h3,5-8,11-12,19H,4,9-10H2,1-2H3/t19-/m0/s1. The second-order valence-corrected chi connectivity index (χ2v) is 7.86. The van der Waals surface area contributed by atoms with Gasteiger partial charge in [0.25, 0.3) is 5.91 Å². The molecule has 0 aliphatic carbocycles. The molecule has 4 rings (SSSR count). The molecule has 2 aromatic carbocycles. The first-order chi connectivity index (χ1) is 13.9.